The molecule has 1 aliphatic heterocycles. The van der Waals surface area contributed by atoms with Gasteiger partial charge in [0.05, 0.1) is 29.5 Å². The minimum atomic E-state index is -0.149. The quantitative estimate of drug-likeness (QED) is 0.362. The third-order valence-electron chi connectivity index (χ3n) is 6.54. The molecule has 1 fully saturated rings. The lowest BCUT2D eigenvalue weighted by Crippen LogP contribution is -2.43. The zero-order valence-electron chi connectivity index (χ0n) is 20.3. The van der Waals surface area contributed by atoms with Gasteiger partial charge in [0.2, 0.25) is 11.8 Å². The smallest absolute Gasteiger partial charge is 0.240 e. The van der Waals surface area contributed by atoms with E-state index in [0.29, 0.717) is 5.82 Å². The van der Waals surface area contributed by atoms with Crippen molar-refractivity contribution in [3.8, 4) is 22.7 Å². The molecule has 6 rings (SSSR count). The van der Waals surface area contributed by atoms with Crippen LogP contribution in [0.3, 0.4) is 0 Å². The molecule has 188 valence electrons. The number of fused-ring (bicyclic) bond motifs is 1. The Morgan fingerprint density at radius 3 is 2.57 bits per heavy atom. The summed E-state index contributed by atoms with van der Waals surface area (Å²) < 4.78 is 7.17. The predicted molar refractivity (Wildman–Crippen MR) is 148 cm³/mol. The van der Waals surface area contributed by atoms with Crippen molar-refractivity contribution in [1.29, 1.82) is 0 Å². The Labute approximate surface area is 223 Å². The number of aromatic nitrogens is 2. The van der Waals surface area contributed by atoms with Gasteiger partial charge in [0.1, 0.15) is 18.1 Å². The number of thiophene rings is 1. The number of thioether (sulfide) groups is 1. The van der Waals surface area contributed by atoms with Gasteiger partial charge in [-0.15, -0.1) is 11.8 Å². The van der Waals surface area contributed by atoms with Crippen molar-refractivity contribution in [2.45, 2.75) is 24.1 Å². The lowest BCUT2D eigenvalue weighted by atomic mass is 10.0. The first kappa shape index (κ1) is 23.8. The van der Waals surface area contributed by atoms with Crippen molar-refractivity contribution in [3.63, 3.8) is 0 Å². The van der Waals surface area contributed by atoms with Gasteiger partial charge in [-0.2, -0.15) is 16.4 Å². The maximum Gasteiger partial charge on any atom is 0.240 e. The number of rotatable bonds is 7. The molecule has 4 aromatic rings. The van der Waals surface area contributed by atoms with Crippen molar-refractivity contribution < 1.29 is 14.3 Å². The van der Waals surface area contributed by atoms with Gasteiger partial charge >= 0.3 is 0 Å². The molecular weight excluding hydrogens is 504 g/mol. The summed E-state index contributed by atoms with van der Waals surface area (Å²) in [5.41, 5.74) is 4.62. The summed E-state index contributed by atoms with van der Waals surface area (Å²) in [6, 6.07) is 19.9. The van der Waals surface area contributed by atoms with E-state index in [1.807, 2.05) is 59.3 Å². The van der Waals surface area contributed by atoms with Crippen LogP contribution in [0.5, 0.6) is 5.75 Å². The average molecular weight is 531 g/mol. The van der Waals surface area contributed by atoms with Crippen molar-refractivity contribution in [2.75, 3.05) is 24.3 Å². The molecule has 37 heavy (non-hydrogen) atoms. The lowest BCUT2D eigenvalue weighted by molar-refractivity contribution is -0.123. The summed E-state index contributed by atoms with van der Waals surface area (Å²) in [6.45, 7) is -0.0463. The Morgan fingerprint density at radius 2 is 1.89 bits per heavy atom. The maximum absolute atomic E-state index is 13.6. The Kier molecular flexibility index (Phi) is 6.48. The second-order valence-electron chi connectivity index (χ2n) is 9.13. The number of anilines is 1. The monoisotopic (exact) mass is 530 g/mol. The average Bonchev–Trinajstić information content (AvgIpc) is 3.45. The van der Waals surface area contributed by atoms with E-state index in [1.165, 1.54) is 0 Å². The SMILES string of the molecule is COc1ccc(-n2nc(-c3ccccc3)c3c2N(CC(=O)NC2CC2)C(=O)CSC3c2ccsc2)cc1. The highest BCUT2D eigenvalue weighted by Gasteiger charge is 2.38. The van der Waals surface area contributed by atoms with Gasteiger partial charge in [-0.1, -0.05) is 30.3 Å². The van der Waals surface area contributed by atoms with E-state index >= 15 is 0 Å². The Hall–Kier alpha value is -3.56. The number of ether oxygens (including phenoxy) is 1. The molecule has 0 radical (unpaired) electrons. The number of hydrogen-bond donors (Lipinski definition) is 1. The Bertz CT molecular complexity index is 1410. The number of methoxy groups -OCH3 is 1. The highest BCUT2D eigenvalue weighted by molar-refractivity contribution is 8.00. The summed E-state index contributed by atoms with van der Waals surface area (Å²) in [7, 11) is 1.63. The first-order chi connectivity index (χ1) is 18.1. The van der Waals surface area contributed by atoms with E-state index < -0.39 is 0 Å². The molecule has 1 aliphatic carbocycles. The molecule has 9 heteroatoms. The van der Waals surface area contributed by atoms with E-state index in [4.69, 9.17) is 9.84 Å². The fourth-order valence-electron chi connectivity index (χ4n) is 4.56. The first-order valence-corrected chi connectivity index (χ1v) is 14.2. The van der Waals surface area contributed by atoms with Crippen molar-refractivity contribution in [3.05, 3.63) is 82.6 Å². The van der Waals surface area contributed by atoms with Gasteiger partial charge in [-0.05, 0) is 59.5 Å². The Balaban J connectivity index is 1.58. The predicted octanol–water partition coefficient (Wildman–Crippen LogP) is 5.06. The summed E-state index contributed by atoms with van der Waals surface area (Å²) in [6.07, 6.45) is 1.98. The minimum absolute atomic E-state index is 0.0463. The second-order valence-corrected chi connectivity index (χ2v) is 11.0. The van der Waals surface area contributed by atoms with Crippen molar-refractivity contribution in [1.82, 2.24) is 15.1 Å². The third kappa shape index (κ3) is 4.76. The molecular formula is C28H26N4O3S2. The molecule has 7 nitrogen and oxygen atoms in total. The molecule has 2 aromatic carbocycles. The van der Waals surface area contributed by atoms with Crippen molar-refractivity contribution >= 4 is 40.7 Å². The van der Waals surface area contributed by atoms with E-state index in [0.717, 1.165) is 46.7 Å². The molecule has 1 saturated carbocycles. The van der Waals surface area contributed by atoms with E-state index in [1.54, 1.807) is 35.1 Å². The van der Waals surface area contributed by atoms with Crippen LogP contribution in [0.15, 0.2) is 71.4 Å². The van der Waals surface area contributed by atoms with Crippen LogP contribution in [0.2, 0.25) is 0 Å². The largest absolute Gasteiger partial charge is 0.497 e. The lowest BCUT2D eigenvalue weighted by Gasteiger charge is -2.23. The second kappa shape index (κ2) is 10.1. The first-order valence-electron chi connectivity index (χ1n) is 12.2. The molecule has 2 amide bonds. The van der Waals surface area contributed by atoms with Crippen LogP contribution in [-0.2, 0) is 9.59 Å². The fraction of sp³-hybridized carbons (Fsp3) is 0.250. The van der Waals surface area contributed by atoms with Crippen LogP contribution in [0.1, 0.15) is 29.2 Å². The van der Waals surface area contributed by atoms with Gasteiger partial charge in [0.15, 0.2) is 0 Å². The number of nitrogens with one attached hydrogen (secondary N) is 1. The number of carbonyl (C=O) groups excluding carboxylic acids is 2. The van der Waals surface area contributed by atoms with Crippen LogP contribution >= 0.6 is 23.1 Å². The number of carbonyl (C=O) groups is 2. The van der Waals surface area contributed by atoms with Gasteiger partial charge in [0, 0.05) is 17.2 Å². The van der Waals surface area contributed by atoms with Gasteiger partial charge in [-0.3, -0.25) is 14.5 Å². The van der Waals surface area contributed by atoms with Crippen LogP contribution in [0, 0.1) is 0 Å². The number of amides is 2. The highest BCUT2D eigenvalue weighted by atomic mass is 32.2. The van der Waals surface area contributed by atoms with E-state index in [-0.39, 0.29) is 35.4 Å². The molecule has 3 heterocycles. The van der Waals surface area contributed by atoms with Crippen LogP contribution in [0.4, 0.5) is 5.82 Å². The van der Waals surface area contributed by atoms with E-state index in [2.05, 4.69) is 22.1 Å². The van der Waals surface area contributed by atoms with E-state index in [9.17, 15) is 9.59 Å². The number of hydrogen-bond acceptors (Lipinski definition) is 6. The molecule has 1 N–H and O–H groups in total. The summed E-state index contributed by atoms with van der Waals surface area (Å²) in [5, 5.41) is 12.2. The van der Waals surface area contributed by atoms with Gasteiger partial charge in [0.25, 0.3) is 0 Å². The van der Waals surface area contributed by atoms with Gasteiger partial charge < -0.3 is 10.1 Å². The van der Waals surface area contributed by atoms with Gasteiger partial charge in [-0.25, -0.2) is 4.68 Å². The van der Waals surface area contributed by atoms with Crippen LogP contribution in [-0.4, -0.2) is 47.0 Å². The summed E-state index contributed by atoms with van der Waals surface area (Å²) in [5.74, 6) is 1.38. The Morgan fingerprint density at radius 1 is 1.11 bits per heavy atom. The summed E-state index contributed by atoms with van der Waals surface area (Å²) in [4.78, 5) is 28.2. The zero-order chi connectivity index (χ0) is 25.4. The molecule has 0 bridgehead atoms. The molecule has 0 saturated heterocycles. The standard InChI is InChI=1S/C28H26N4O3S2/c1-35-22-11-9-21(10-12-22)32-28-25(26(30-32)18-5-3-2-4-6-18)27(19-13-14-36-16-19)37-17-24(34)31(28)15-23(33)29-20-7-8-20/h2-6,9-14,16,20,27H,7-8,15,17H2,1H3,(H,29,33). The molecule has 1 atom stereocenters. The minimum Gasteiger partial charge on any atom is -0.497 e. The third-order valence-corrected chi connectivity index (χ3v) is 8.50. The molecule has 2 aliphatic rings. The topological polar surface area (TPSA) is 76.5 Å². The maximum atomic E-state index is 13.6. The molecule has 1 unspecified atom stereocenters. The van der Waals surface area contributed by atoms with Crippen molar-refractivity contribution in [2.24, 2.45) is 0 Å². The summed E-state index contributed by atoms with van der Waals surface area (Å²) >= 11 is 3.22. The van der Waals surface area contributed by atoms with Crippen LogP contribution < -0.4 is 15.0 Å². The fourth-order valence-corrected chi connectivity index (χ4v) is 6.52. The normalized spacial score (nSPS) is 17.3. The number of nitrogens with zero attached hydrogens (tertiary/aromatic N) is 3. The number of benzene rings is 2. The molecule has 0 spiro atoms. The highest BCUT2D eigenvalue weighted by Crippen LogP contribution is 2.48. The zero-order valence-corrected chi connectivity index (χ0v) is 21.9. The van der Waals surface area contributed by atoms with Crippen LogP contribution in [0.25, 0.3) is 16.9 Å². The molecule has 2 aromatic heterocycles.